The zero-order valence-corrected chi connectivity index (χ0v) is 10.5. The highest BCUT2D eigenvalue weighted by Crippen LogP contribution is 2.21. The van der Waals surface area contributed by atoms with Crippen molar-refractivity contribution in [1.29, 1.82) is 0 Å². The van der Waals surface area contributed by atoms with Gasteiger partial charge in [0.2, 0.25) is 0 Å². The summed E-state index contributed by atoms with van der Waals surface area (Å²) < 4.78 is 0. The Morgan fingerprint density at radius 1 is 1.29 bits per heavy atom. The largest absolute Gasteiger partial charge is 0.317 e. The molecule has 17 heavy (non-hydrogen) atoms. The van der Waals surface area contributed by atoms with E-state index in [1.165, 1.54) is 16.9 Å². The van der Waals surface area contributed by atoms with Gasteiger partial charge in [0.15, 0.2) is 5.78 Å². The number of carbonyl (C=O) groups excluding carboxylic acids is 1. The maximum Gasteiger partial charge on any atom is 0.184 e. The summed E-state index contributed by atoms with van der Waals surface area (Å²) in [6.07, 6.45) is 0.978. The van der Waals surface area contributed by atoms with E-state index in [1.54, 1.807) is 0 Å². The van der Waals surface area contributed by atoms with Crippen LogP contribution < -0.4 is 5.73 Å². The lowest BCUT2D eigenvalue weighted by molar-refractivity contribution is 0.0962. The van der Waals surface area contributed by atoms with E-state index < -0.39 is 6.04 Å². The molecule has 0 aliphatic rings. The highest BCUT2D eigenvalue weighted by Gasteiger charge is 2.18. The van der Waals surface area contributed by atoms with Crippen molar-refractivity contribution in [3.63, 3.8) is 0 Å². The molecule has 0 aliphatic carbocycles. The minimum absolute atomic E-state index is 0.0184. The Morgan fingerprint density at radius 2 is 2.00 bits per heavy atom. The molecule has 0 saturated heterocycles. The van der Waals surface area contributed by atoms with Gasteiger partial charge >= 0.3 is 0 Å². The molecule has 88 valence electrons. The summed E-state index contributed by atoms with van der Waals surface area (Å²) in [5.74, 6) is -0.0184. The Balaban J connectivity index is 2.19. The van der Waals surface area contributed by atoms with E-state index in [4.69, 9.17) is 5.73 Å². The van der Waals surface area contributed by atoms with Gasteiger partial charge in [0, 0.05) is 10.4 Å². The lowest BCUT2D eigenvalue weighted by atomic mass is 10.0. The SMILES string of the molecule is CCc1ccc(C(=O)C(N)c2cccs2)cc1. The molecular weight excluding hydrogens is 230 g/mol. The van der Waals surface area contributed by atoms with Crippen LogP contribution in [0.15, 0.2) is 41.8 Å². The smallest absolute Gasteiger partial charge is 0.184 e. The third-order valence-electron chi connectivity index (χ3n) is 2.78. The Labute approximate surface area is 105 Å². The first kappa shape index (κ1) is 12.0. The monoisotopic (exact) mass is 245 g/mol. The Bertz CT molecular complexity index is 487. The molecule has 0 amide bonds. The molecule has 0 aliphatic heterocycles. The molecule has 1 aromatic carbocycles. The van der Waals surface area contributed by atoms with Gasteiger partial charge in [-0.2, -0.15) is 0 Å². The van der Waals surface area contributed by atoms with Crippen molar-refractivity contribution < 1.29 is 4.79 Å². The summed E-state index contributed by atoms with van der Waals surface area (Å²) in [4.78, 5) is 13.0. The fraction of sp³-hybridized carbons (Fsp3) is 0.214. The van der Waals surface area contributed by atoms with Gasteiger partial charge in [-0.1, -0.05) is 37.3 Å². The average Bonchev–Trinajstić information content (AvgIpc) is 2.91. The summed E-state index contributed by atoms with van der Waals surface area (Å²) in [6.45, 7) is 2.09. The van der Waals surface area contributed by atoms with Gasteiger partial charge in [-0.15, -0.1) is 11.3 Å². The van der Waals surface area contributed by atoms with Crippen LogP contribution in [0.4, 0.5) is 0 Å². The van der Waals surface area contributed by atoms with Crippen molar-refractivity contribution in [1.82, 2.24) is 0 Å². The molecule has 1 aromatic heterocycles. The summed E-state index contributed by atoms with van der Waals surface area (Å²) in [6, 6.07) is 10.9. The predicted octanol–water partition coefficient (Wildman–Crippen LogP) is 3.19. The fourth-order valence-corrected chi connectivity index (χ4v) is 2.41. The van der Waals surface area contributed by atoms with Crippen LogP contribution in [0.2, 0.25) is 0 Å². The molecule has 1 atom stereocenters. The van der Waals surface area contributed by atoms with Gasteiger partial charge in [0.1, 0.15) is 6.04 Å². The number of carbonyl (C=O) groups is 1. The first-order chi connectivity index (χ1) is 8.22. The molecule has 2 aromatic rings. The molecule has 0 bridgehead atoms. The highest BCUT2D eigenvalue weighted by atomic mass is 32.1. The molecule has 2 N–H and O–H groups in total. The molecule has 2 nitrogen and oxygen atoms in total. The van der Waals surface area contributed by atoms with Crippen LogP contribution in [0, 0.1) is 0 Å². The van der Waals surface area contributed by atoms with Crippen molar-refractivity contribution in [3.05, 3.63) is 57.8 Å². The third kappa shape index (κ3) is 2.62. The molecule has 3 heteroatoms. The third-order valence-corrected chi connectivity index (χ3v) is 3.73. The number of aryl methyl sites for hydroxylation is 1. The number of Topliss-reactive ketones (excluding diaryl/α,β-unsaturated/α-hetero) is 1. The fourth-order valence-electron chi connectivity index (χ4n) is 1.68. The predicted molar refractivity (Wildman–Crippen MR) is 71.4 cm³/mol. The summed E-state index contributed by atoms with van der Waals surface area (Å²) in [5.41, 5.74) is 7.86. The molecule has 2 rings (SSSR count). The second kappa shape index (κ2) is 5.25. The van der Waals surface area contributed by atoms with Gasteiger partial charge in [0.05, 0.1) is 0 Å². The number of nitrogens with two attached hydrogens (primary N) is 1. The standard InChI is InChI=1S/C14H15NOS/c1-2-10-5-7-11(8-6-10)14(16)13(15)12-4-3-9-17-12/h3-9,13H,2,15H2,1H3. The van der Waals surface area contributed by atoms with E-state index in [1.807, 2.05) is 41.8 Å². The minimum atomic E-state index is -0.539. The van der Waals surface area contributed by atoms with Crippen LogP contribution >= 0.6 is 11.3 Å². The molecular formula is C14H15NOS. The number of rotatable bonds is 4. The lowest BCUT2D eigenvalue weighted by Gasteiger charge is -2.08. The first-order valence-electron chi connectivity index (χ1n) is 5.64. The molecule has 1 unspecified atom stereocenters. The molecule has 0 fully saturated rings. The average molecular weight is 245 g/mol. The number of ketones is 1. The topological polar surface area (TPSA) is 43.1 Å². The van der Waals surface area contributed by atoms with Crippen LogP contribution in [-0.2, 0) is 6.42 Å². The number of hydrogen-bond acceptors (Lipinski definition) is 3. The van der Waals surface area contributed by atoms with Crippen LogP contribution in [0.5, 0.6) is 0 Å². The number of thiophene rings is 1. The zero-order valence-electron chi connectivity index (χ0n) is 9.72. The Kier molecular flexibility index (Phi) is 3.71. The van der Waals surface area contributed by atoms with Gasteiger partial charge in [0.25, 0.3) is 0 Å². The van der Waals surface area contributed by atoms with E-state index in [0.717, 1.165) is 11.3 Å². The van der Waals surface area contributed by atoms with Crippen LogP contribution in [0.25, 0.3) is 0 Å². The van der Waals surface area contributed by atoms with Gasteiger partial charge in [-0.05, 0) is 23.4 Å². The molecule has 0 spiro atoms. The Hall–Kier alpha value is -1.45. The molecule has 1 heterocycles. The summed E-state index contributed by atoms with van der Waals surface area (Å²) in [7, 11) is 0. The normalized spacial score (nSPS) is 12.4. The number of benzene rings is 1. The highest BCUT2D eigenvalue weighted by molar-refractivity contribution is 7.10. The van der Waals surface area contributed by atoms with E-state index >= 15 is 0 Å². The molecule has 0 radical (unpaired) electrons. The van der Waals surface area contributed by atoms with Crippen LogP contribution in [-0.4, -0.2) is 5.78 Å². The van der Waals surface area contributed by atoms with Crippen LogP contribution in [0.3, 0.4) is 0 Å². The first-order valence-corrected chi connectivity index (χ1v) is 6.52. The van der Waals surface area contributed by atoms with E-state index in [0.29, 0.717) is 5.56 Å². The molecule has 0 saturated carbocycles. The second-order valence-electron chi connectivity index (χ2n) is 3.91. The maximum atomic E-state index is 12.1. The lowest BCUT2D eigenvalue weighted by Crippen LogP contribution is -2.20. The number of hydrogen-bond donors (Lipinski definition) is 1. The van der Waals surface area contributed by atoms with E-state index in [2.05, 4.69) is 6.92 Å². The van der Waals surface area contributed by atoms with Gasteiger partial charge in [-0.25, -0.2) is 0 Å². The van der Waals surface area contributed by atoms with E-state index in [9.17, 15) is 4.79 Å². The van der Waals surface area contributed by atoms with Crippen molar-refractivity contribution in [2.45, 2.75) is 19.4 Å². The summed E-state index contributed by atoms with van der Waals surface area (Å²) >= 11 is 1.52. The zero-order chi connectivity index (χ0) is 12.3. The van der Waals surface area contributed by atoms with E-state index in [-0.39, 0.29) is 5.78 Å². The Morgan fingerprint density at radius 3 is 2.53 bits per heavy atom. The minimum Gasteiger partial charge on any atom is -0.317 e. The maximum absolute atomic E-state index is 12.1. The summed E-state index contributed by atoms with van der Waals surface area (Å²) in [5, 5.41) is 1.93. The van der Waals surface area contributed by atoms with Crippen molar-refractivity contribution in [3.8, 4) is 0 Å². The second-order valence-corrected chi connectivity index (χ2v) is 4.89. The quantitative estimate of drug-likeness (QED) is 0.841. The van der Waals surface area contributed by atoms with Gasteiger partial charge < -0.3 is 5.73 Å². The van der Waals surface area contributed by atoms with Crippen molar-refractivity contribution >= 4 is 17.1 Å². The van der Waals surface area contributed by atoms with Crippen molar-refractivity contribution in [2.75, 3.05) is 0 Å². The van der Waals surface area contributed by atoms with Crippen LogP contribution in [0.1, 0.15) is 33.8 Å². The van der Waals surface area contributed by atoms with Crippen molar-refractivity contribution in [2.24, 2.45) is 5.73 Å². The van der Waals surface area contributed by atoms with Gasteiger partial charge in [-0.3, -0.25) is 4.79 Å².